The van der Waals surface area contributed by atoms with E-state index in [9.17, 15) is 4.79 Å². The minimum Gasteiger partial charge on any atom is -0.347 e. The summed E-state index contributed by atoms with van der Waals surface area (Å²) in [4.78, 5) is 25.3. The summed E-state index contributed by atoms with van der Waals surface area (Å²) in [6.45, 7) is 0.408. The molecule has 8 nitrogen and oxygen atoms in total. The molecule has 34 heavy (non-hydrogen) atoms. The zero-order valence-electron chi connectivity index (χ0n) is 17.9. The number of aromatic nitrogens is 6. The Hall–Kier alpha value is -3.89. The van der Waals surface area contributed by atoms with Crippen LogP contribution >= 0.6 is 23.1 Å². The van der Waals surface area contributed by atoms with Gasteiger partial charge >= 0.3 is 0 Å². The zero-order chi connectivity index (χ0) is 23.2. The van der Waals surface area contributed by atoms with Gasteiger partial charge in [-0.25, -0.2) is 4.98 Å². The van der Waals surface area contributed by atoms with Gasteiger partial charge in [-0.1, -0.05) is 36.0 Å². The second kappa shape index (κ2) is 10.4. The van der Waals surface area contributed by atoms with Gasteiger partial charge in [-0.2, -0.15) is 0 Å². The lowest BCUT2D eigenvalue weighted by Gasteiger charge is -2.09. The van der Waals surface area contributed by atoms with Gasteiger partial charge in [0.2, 0.25) is 0 Å². The van der Waals surface area contributed by atoms with Crippen LogP contribution in [0.5, 0.6) is 0 Å². The van der Waals surface area contributed by atoms with Gasteiger partial charge < -0.3 is 5.32 Å². The maximum atomic E-state index is 12.5. The van der Waals surface area contributed by atoms with Gasteiger partial charge in [-0.3, -0.25) is 19.3 Å². The van der Waals surface area contributed by atoms with Gasteiger partial charge in [0.05, 0.1) is 5.75 Å². The molecule has 0 saturated carbocycles. The predicted molar refractivity (Wildman–Crippen MR) is 132 cm³/mol. The summed E-state index contributed by atoms with van der Waals surface area (Å²) in [6, 6.07) is 17.6. The van der Waals surface area contributed by atoms with Crippen molar-refractivity contribution in [1.29, 1.82) is 0 Å². The summed E-state index contributed by atoms with van der Waals surface area (Å²) < 4.78 is 2.01. The molecule has 0 aliphatic heterocycles. The molecule has 0 aliphatic carbocycles. The van der Waals surface area contributed by atoms with Crippen molar-refractivity contribution in [3.05, 3.63) is 101 Å². The Morgan fingerprint density at radius 1 is 0.971 bits per heavy atom. The average Bonchev–Trinajstić information content (AvgIpc) is 3.55. The van der Waals surface area contributed by atoms with Gasteiger partial charge in [0.1, 0.15) is 10.7 Å². The molecule has 0 unspecified atom stereocenters. The Bertz CT molecular complexity index is 1370. The highest BCUT2D eigenvalue weighted by atomic mass is 32.2. The molecule has 0 aliphatic rings. The fraction of sp³-hybridized carbons (Fsp3) is 0.0833. The number of carbonyl (C=O) groups is 1. The van der Waals surface area contributed by atoms with Crippen LogP contribution in [-0.2, 0) is 12.3 Å². The van der Waals surface area contributed by atoms with Crippen LogP contribution in [0.2, 0.25) is 0 Å². The number of hydrogen-bond donors (Lipinski definition) is 1. The summed E-state index contributed by atoms with van der Waals surface area (Å²) in [5, 5.41) is 15.1. The summed E-state index contributed by atoms with van der Waals surface area (Å²) >= 11 is 2.97. The highest BCUT2D eigenvalue weighted by Crippen LogP contribution is 2.30. The van der Waals surface area contributed by atoms with E-state index in [-0.39, 0.29) is 5.91 Å². The fourth-order valence-corrected chi connectivity index (χ4v) is 4.98. The van der Waals surface area contributed by atoms with Crippen molar-refractivity contribution >= 4 is 29.0 Å². The highest BCUT2D eigenvalue weighted by molar-refractivity contribution is 7.98. The first-order chi connectivity index (χ1) is 16.8. The van der Waals surface area contributed by atoms with Crippen LogP contribution in [0.1, 0.15) is 21.1 Å². The minimum atomic E-state index is -0.206. The lowest BCUT2D eigenvalue weighted by atomic mass is 10.2. The molecule has 5 aromatic rings. The molecule has 10 heteroatoms. The van der Waals surface area contributed by atoms with E-state index in [1.54, 1.807) is 30.2 Å². The summed E-state index contributed by atoms with van der Waals surface area (Å²) in [5.74, 6) is 1.08. The highest BCUT2D eigenvalue weighted by Gasteiger charge is 2.17. The number of para-hydroxylation sites is 1. The van der Waals surface area contributed by atoms with E-state index in [0.717, 1.165) is 32.8 Å². The monoisotopic (exact) mass is 485 g/mol. The Morgan fingerprint density at radius 3 is 2.56 bits per heavy atom. The molecule has 0 fully saturated rings. The molecule has 1 amide bonds. The van der Waals surface area contributed by atoms with E-state index in [1.807, 2.05) is 59.2 Å². The molecule has 1 aromatic carbocycles. The van der Waals surface area contributed by atoms with Gasteiger partial charge in [-0.05, 0) is 35.9 Å². The van der Waals surface area contributed by atoms with Crippen LogP contribution in [0.3, 0.4) is 0 Å². The number of thioether (sulfide) groups is 1. The summed E-state index contributed by atoms with van der Waals surface area (Å²) in [7, 11) is 0. The first-order valence-corrected chi connectivity index (χ1v) is 12.3. The van der Waals surface area contributed by atoms with E-state index in [1.165, 1.54) is 23.1 Å². The van der Waals surface area contributed by atoms with Crippen molar-refractivity contribution in [2.24, 2.45) is 0 Å². The number of thiazole rings is 1. The van der Waals surface area contributed by atoms with Crippen LogP contribution in [0.4, 0.5) is 0 Å². The third-order valence-electron chi connectivity index (χ3n) is 4.85. The molecule has 0 atom stereocenters. The number of nitrogens with one attached hydrogen (secondary N) is 1. The number of carbonyl (C=O) groups excluding carboxylic acids is 1. The number of nitrogens with zero attached hydrogens (tertiary/aromatic N) is 6. The zero-order valence-corrected chi connectivity index (χ0v) is 19.5. The minimum absolute atomic E-state index is 0.206. The van der Waals surface area contributed by atoms with Gasteiger partial charge in [0.15, 0.2) is 11.0 Å². The number of hydrogen-bond acceptors (Lipinski definition) is 8. The van der Waals surface area contributed by atoms with Crippen molar-refractivity contribution in [3.8, 4) is 17.1 Å². The van der Waals surface area contributed by atoms with E-state index in [2.05, 4.69) is 30.5 Å². The summed E-state index contributed by atoms with van der Waals surface area (Å²) in [5.41, 5.74) is 3.19. The Morgan fingerprint density at radius 2 is 1.79 bits per heavy atom. The number of benzene rings is 1. The Labute approximate surface area is 204 Å². The molecule has 0 radical (unpaired) electrons. The molecule has 4 aromatic heterocycles. The topological polar surface area (TPSA) is 98.5 Å². The van der Waals surface area contributed by atoms with Crippen LogP contribution in [0, 0.1) is 0 Å². The first-order valence-electron chi connectivity index (χ1n) is 10.4. The molecule has 5 rings (SSSR count). The third kappa shape index (κ3) is 5.03. The van der Waals surface area contributed by atoms with Crippen molar-refractivity contribution in [1.82, 2.24) is 35.0 Å². The number of amides is 1. The van der Waals surface area contributed by atoms with Crippen LogP contribution in [-0.4, -0.2) is 35.6 Å². The smallest absolute Gasteiger partial charge is 0.271 e. The molecule has 0 saturated heterocycles. The van der Waals surface area contributed by atoms with Crippen LogP contribution < -0.4 is 5.32 Å². The molecule has 168 valence electrons. The van der Waals surface area contributed by atoms with E-state index < -0.39 is 0 Å². The van der Waals surface area contributed by atoms with E-state index >= 15 is 0 Å². The largest absolute Gasteiger partial charge is 0.347 e. The van der Waals surface area contributed by atoms with E-state index in [4.69, 9.17) is 0 Å². The SMILES string of the molecule is O=C(NCc1cccnc1)c1csc(CSc2nnc(-c3cccnc3)n2-c2ccccc2)n1. The Balaban J connectivity index is 1.31. The van der Waals surface area contributed by atoms with Crippen LogP contribution in [0.15, 0.2) is 89.9 Å². The second-order valence-corrected chi connectivity index (χ2v) is 9.06. The lowest BCUT2D eigenvalue weighted by Crippen LogP contribution is -2.23. The van der Waals surface area contributed by atoms with Gasteiger partial charge in [0.25, 0.3) is 5.91 Å². The maximum absolute atomic E-state index is 12.5. The molecule has 0 bridgehead atoms. The predicted octanol–water partition coefficient (Wildman–Crippen LogP) is 4.40. The number of rotatable bonds is 8. The Kier molecular flexibility index (Phi) is 6.68. The quantitative estimate of drug-likeness (QED) is 0.325. The van der Waals surface area contributed by atoms with Gasteiger partial charge in [0, 0.05) is 48.0 Å². The summed E-state index contributed by atoms with van der Waals surface area (Å²) in [6.07, 6.45) is 6.94. The van der Waals surface area contributed by atoms with Crippen molar-refractivity contribution < 1.29 is 4.79 Å². The first kappa shape index (κ1) is 21.9. The van der Waals surface area contributed by atoms with Crippen LogP contribution in [0.25, 0.3) is 17.1 Å². The van der Waals surface area contributed by atoms with Crippen molar-refractivity contribution in [2.45, 2.75) is 17.5 Å². The molecular formula is C24H19N7OS2. The fourth-order valence-electron chi connectivity index (χ4n) is 3.24. The lowest BCUT2D eigenvalue weighted by molar-refractivity contribution is 0.0946. The standard InChI is InChI=1S/C24H19N7OS2/c32-23(27-13-17-6-4-10-25-12-17)20-15-33-21(28-20)16-34-24-30-29-22(18-7-5-11-26-14-18)31(24)19-8-2-1-3-9-19/h1-12,14-15H,13,16H2,(H,27,32). The third-order valence-corrected chi connectivity index (χ3v) is 6.82. The molecule has 0 spiro atoms. The van der Waals surface area contributed by atoms with Crippen molar-refractivity contribution in [2.75, 3.05) is 0 Å². The normalized spacial score (nSPS) is 10.8. The van der Waals surface area contributed by atoms with Gasteiger partial charge in [-0.15, -0.1) is 21.5 Å². The van der Waals surface area contributed by atoms with Crippen molar-refractivity contribution in [3.63, 3.8) is 0 Å². The van der Waals surface area contributed by atoms with E-state index in [0.29, 0.717) is 18.0 Å². The maximum Gasteiger partial charge on any atom is 0.271 e. The molecule has 4 heterocycles. The number of pyridine rings is 2. The second-order valence-electron chi connectivity index (χ2n) is 7.18. The average molecular weight is 486 g/mol. The molecular weight excluding hydrogens is 466 g/mol. The molecule has 1 N–H and O–H groups in total.